The summed E-state index contributed by atoms with van der Waals surface area (Å²) in [5.74, 6) is -2.39. The molecule has 0 heterocycles. The number of phenolic OH excluding ortho intramolecular Hbond substituents is 1. The van der Waals surface area contributed by atoms with E-state index < -0.39 is 17.7 Å². The molecule has 1 aromatic rings. The Balaban J connectivity index is 2.29. The van der Waals surface area contributed by atoms with Crippen LogP contribution < -0.4 is 5.32 Å². The molecule has 104 valence electrons. The van der Waals surface area contributed by atoms with Crippen molar-refractivity contribution in [3.8, 4) is 5.75 Å². The molecule has 0 radical (unpaired) electrons. The molecule has 0 unspecified atom stereocenters. The summed E-state index contributed by atoms with van der Waals surface area (Å²) >= 11 is 0. The summed E-state index contributed by atoms with van der Waals surface area (Å²) in [7, 11) is 0. The Kier molecular flexibility index (Phi) is 5.78. The number of phenols is 1. The van der Waals surface area contributed by atoms with Crippen LogP contribution in [0.1, 0.15) is 36.0 Å². The number of unbranched alkanes of at least 4 members (excludes halogenated alkanes) is 2. The molecule has 0 saturated heterocycles. The topological polar surface area (TPSA) is 86.6 Å². The van der Waals surface area contributed by atoms with Gasteiger partial charge < -0.3 is 15.5 Å². The number of aromatic hydroxyl groups is 1. The second-order valence-corrected chi connectivity index (χ2v) is 4.12. The molecule has 1 rings (SSSR count). The van der Waals surface area contributed by atoms with E-state index >= 15 is 0 Å². The summed E-state index contributed by atoms with van der Waals surface area (Å²) in [6.07, 6.45) is 1.99. The maximum absolute atomic E-state index is 13.3. The lowest BCUT2D eigenvalue weighted by Crippen LogP contribution is -2.25. The largest absolute Gasteiger partial charge is 0.508 e. The van der Waals surface area contributed by atoms with Crippen LogP contribution >= 0.6 is 0 Å². The molecule has 1 aromatic carbocycles. The number of carbonyl (C=O) groups excluding carboxylic acids is 1. The van der Waals surface area contributed by atoms with E-state index in [0.717, 1.165) is 6.07 Å². The Morgan fingerprint density at radius 3 is 2.58 bits per heavy atom. The summed E-state index contributed by atoms with van der Waals surface area (Å²) < 4.78 is 13.3. The molecule has 0 bridgehead atoms. The Bertz CT molecular complexity index is 462. The van der Waals surface area contributed by atoms with Crippen molar-refractivity contribution < 1.29 is 24.2 Å². The maximum atomic E-state index is 13.3. The zero-order chi connectivity index (χ0) is 14.3. The average Bonchev–Trinajstić information content (AvgIpc) is 2.32. The second kappa shape index (κ2) is 7.35. The monoisotopic (exact) mass is 269 g/mol. The molecule has 0 aliphatic rings. The summed E-state index contributed by atoms with van der Waals surface area (Å²) in [5.41, 5.74) is -0.122. The van der Waals surface area contributed by atoms with Gasteiger partial charge in [-0.3, -0.25) is 9.59 Å². The molecule has 3 N–H and O–H groups in total. The highest BCUT2D eigenvalue weighted by atomic mass is 19.1. The van der Waals surface area contributed by atoms with Crippen LogP contribution in [0.4, 0.5) is 4.39 Å². The number of hydrogen-bond acceptors (Lipinski definition) is 3. The predicted octanol–water partition coefficient (Wildman–Crippen LogP) is 1.91. The van der Waals surface area contributed by atoms with Gasteiger partial charge in [0.1, 0.15) is 11.6 Å². The summed E-state index contributed by atoms with van der Waals surface area (Å²) in [6, 6.07) is 3.33. The van der Waals surface area contributed by atoms with Gasteiger partial charge in [-0.05, 0) is 25.0 Å². The Morgan fingerprint density at radius 1 is 1.21 bits per heavy atom. The van der Waals surface area contributed by atoms with E-state index in [-0.39, 0.29) is 17.7 Å². The molecule has 5 nitrogen and oxygen atoms in total. The molecule has 0 aliphatic carbocycles. The lowest BCUT2D eigenvalue weighted by atomic mass is 10.1. The van der Waals surface area contributed by atoms with Crippen molar-refractivity contribution in [1.29, 1.82) is 0 Å². The fourth-order valence-corrected chi connectivity index (χ4v) is 1.56. The van der Waals surface area contributed by atoms with Gasteiger partial charge in [-0.1, -0.05) is 6.42 Å². The van der Waals surface area contributed by atoms with Crippen LogP contribution in [0.3, 0.4) is 0 Å². The number of halogens is 1. The smallest absolute Gasteiger partial charge is 0.303 e. The van der Waals surface area contributed by atoms with E-state index in [4.69, 9.17) is 10.2 Å². The van der Waals surface area contributed by atoms with Crippen molar-refractivity contribution in [3.05, 3.63) is 29.6 Å². The third-order valence-electron chi connectivity index (χ3n) is 2.55. The lowest BCUT2D eigenvalue weighted by molar-refractivity contribution is -0.137. The molecule has 0 fully saturated rings. The highest BCUT2D eigenvalue weighted by Gasteiger charge is 2.11. The first-order chi connectivity index (χ1) is 9.00. The van der Waals surface area contributed by atoms with E-state index in [1.54, 1.807) is 0 Å². The van der Waals surface area contributed by atoms with Gasteiger partial charge in [0.2, 0.25) is 0 Å². The minimum Gasteiger partial charge on any atom is -0.508 e. The van der Waals surface area contributed by atoms with Crippen molar-refractivity contribution >= 4 is 11.9 Å². The number of rotatable bonds is 7. The molecule has 0 aromatic heterocycles. The van der Waals surface area contributed by atoms with Crippen molar-refractivity contribution in [2.24, 2.45) is 0 Å². The number of nitrogens with one attached hydrogen (secondary N) is 1. The zero-order valence-corrected chi connectivity index (χ0v) is 10.4. The van der Waals surface area contributed by atoms with Crippen LogP contribution in [0, 0.1) is 5.82 Å². The van der Waals surface area contributed by atoms with Crippen LogP contribution in [0.5, 0.6) is 5.75 Å². The van der Waals surface area contributed by atoms with Gasteiger partial charge in [-0.2, -0.15) is 0 Å². The van der Waals surface area contributed by atoms with Gasteiger partial charge in [0.15, 0.2) is 0 Å². The number of amides is 1. The van der Waals surface area contributed by atoms with Gasteiger partial charge in [-0.25, -0.2) is 4.39 Å². The predicted molar refractivity (Wildman–Crippen MR) is 66.5 cm³/mol. The Hall–Kier alpha value is -2.11. The Morgan fingerprint density at radius 2 is 1.95 bits per heavy atom. The van der Waals surface area contributed by atoms with Crippen molar-refractivity contribution in [3.63, 3.8) is 0 Å². The summed E-state index contributed by atoms with van der Waals surface area (Å²) in [4.78, 5) is 21.8. The van der Waals surface area contributed by atoms with Crippen molar-refractivity contribution in [2.75, 3.05) is 6.54 Å². The number of aliphatic carboxylic acids is 1. The number of carbonyl (C=O) groups is 2. The van der Waals surface area contributed by atoms with Crippen LogP contribution in [-0.2, 0) is 4.79 Å². The molecular weight excluding hydrogens is 253 g/mol. The first kappa shape index (κ1) is 14.9. The van der Waals surface area contributed by atoms with Gasteiger partial charge in [0.25, 0.3) is 5.91 Å². The molecule has 1 amide bonds. The molecular formula is C13H16FNO4. The normalized spacial score (nSPS) is 10.2. The minimum absolute atomic E-state index is 0.112. The average molecular weight is 269 g/mol. The number of carboxylic acids is 1. The van der Waals surface area contributed by atoms with Crippen LogP contribution in [0.2, 0.25) is 0 Å². The fraction of sp³-hybridized carbons (Fsp3) is 0.385. The van der Waals surface area contributed by atoms with E-state index in [0.29, 0.717) is 25.8 Å². The number of hydrogen-bond donors (Lipinski definition) is 3. The quantitative estimate of drug-likeness (QED) is 0.660. The fourth-order valence-electron chi connectivity index (χ4n) is 1.56. The van der Waals surface area contributed by atoms with Crippen molar-refractivity contribution in [2.45, 2.75) is 25.7 Å². The summed E-state index contributed by atoms with van der Waals surface area (Å²) in [5, 5.41) is 20.0. The van der Waals surface area contributed by atoms with E-state index in [9.17, 15) is 14.0 Å². The number of carboxylic acid groups (broad SMARTS) is 1. The van der Waals surface area contributed by atoms with Gasteiger partial charge in [0.05, 0.1) is 5.56 Å². The minimum atomic E-state index is -0.838. The third kappa shape index (κ3) is 5.37. The molecule has 0 spiro atoms. The number of benzene rings is 1. The van der Waals surface area contributed by atoms with E-state index in [1.807, 2.05) is 0 Å². The SMILES string of the molecule is O=C(O)CCCCCNC(=O)c1ccc(O)cc1F. The second-order valence-electron chi connectivity index (χ2n) is 4.12. The van der Waals surface area contributed by atoms with Gasteiger partial charge in [0, 0.05) is 19.0 Å². The van der Waals surface area contributed by atoms with Gasteiger partial charge >= 0.3 is 5.97 Å². The molecule has 6 heteroatoms. The maximum Gasteiger partial charge on any atom is 0.303 e. The van der Waals surface area contributed by atoms with Crippen LogP contribution in [-0.4, -0.2) is 28.6 Å². The van der Waals surface area contributed by atoms with Crippen LogP contribution in [0.15, 0.2) is 18.2 Å². The first-order valence-corrected chi connectivity index (χ1v) is 5.99. The molecule has 19 heavy (non-hydrogen) atoms. The highest BCUT2D eigenvalue weighted by molar-refractivity contribution is 5.94. The lowest BCUT2D eigenvalue weighted by Gasteiger charge is -2.06. The third-order valence-corrected chi connectivity index (χ3v) is 2.55. The van der Waals surface area contributed by atoms with Crippen molar-refractivity contribution in [1.82, 2.24) is 5.32 Å². The standard InChI is InChI=1S/C13H16FNO4/c14-11-8-9(16)5-6-10(11)13(19)15-7-3-1-2-4-12(17)18/h5-6,8,16H,1-4,7H2,(H,15,19)(H,17,18). The molecule has 0 atom stereocenters. The molecule has 0 aliphatic heterocycles. The van der Waals surface area contributed by atoms with E-state index in [2.05, 4.69) is 5.32 Å². The van der Waals surface area contributed by atoms with E-state index in [1.165, 1.54) is 12.1 Å². The highest BCUT2D eigenvalue weighted by Crippen LogP contribution is 2.14. The zero-order valence-electron chi connectivity index (χ0n) is 10.4. The Labute approximate surface area is 110 Å². The summed E-state index contributed by atoms with van der Waals surface area (Å²) in [6.45, 7) is 0.360. The van der Waals surface area contributed by atoms with Gasteiger partial charge in [-0.15, -0.1) is 0 Å². The van der Waals surface area contributed by atoms with Crippen LogP contribution in [0.25, 0.3) is 0 Å². The first-order valence-electron chi connectivity index (χ1n) is 5.99. The molecule has 0 saturated carbocycles.